The lowest BCUT2D eigenvalue weighted by molar-refractivity contribution is 0.228. The lowest BCUT2D eigenvalue weighted by atomic mass is 10.4. The maximum absolute atomic E-state index is 10.00. The molecule has 0 bridgehead atoms. The molecule has 0 atom stereocenters. The second-order valence-electron chi connectivity index (χ2n) is 2.11. The summed E-state index contributed by atoms with van der Waals surface area (Å²) in [7, 11) is 0. The summed E-state index contributed by atoms with van der Waals surface area (Å²) in [5.74, 6) is 0. The van der Waals surface area contributed by atoms with E-state index in [0.717, 1.165) is 6.42 Å². The number of nitrogens with zero attached hydrogens (tertiary/aromatic N) is 2. The van der Waals surface area contributed by atoms with E-state index in [-0.39, 0.29) is 6.61 Å². The Morgan fingerprint density at radius 1 is 1.50 bits per heavy atom. The summed E-state index contributed by atoms with van der Waals surface area (Å²) in [6, 6.07) is 0. The fourth-order valence-corrected chi connectivity index (χ4v) is 0.705. The number of hydrogen-bond donors (Lipinski definition) is 1. The van der Waals surface area contributed by atoms with Crippen molar-refractivity contribution in [3.63, 3.8) is 0 Å². The Bertz CT molecular complexity index is 87.8. The molecular weight excluding hydrogens is 132 g/mol. The highest BCUT2D eigenvalue weighted by atomic mass is 16.3. The number of nitroso groups, excluding NO2 is 1. The highest BCUT2D eigenvalue weighted by Crippen LogP contribution is 1.92. The van der Waals surface area contributed by atoms with Crippen LogP contribution < -0.4 is 0 Å². The first-order valence-electron chi connectivity index (χ1n) is 3.54. The molecule has 4 nitrogen and oxygen atoms in total. The number of rotatable bonds is 6. The Labute approximate surface area is 60.8 Å². The van der Waals surface area contributed by atoms with Gasteiger partial charge in [-0.15, -0.1) is 4.91 Å². The quantitative estimate of drug-likeness (QED) is 0.444. The maximum atomic E-state index is 10.00. The van der Waals surface area contributed by atoms with E-state index in [4.69, 9.17) is 5.11 Å². The van der Waals surface area contributed by atoms with Crippen molar-refractivity contribution in [1.29, 1.82) is 0 Å². The minimum atomic E-state index is 0.121. The topological polar surface area (TPSA) is 52.9 Å². The second kappa shape index (κ2) is 6.48. The van der Waals surface area contributed by atoms with Gasteiger partial charge in [0.25, 0.3) is 0 Å². The van der Waals surface area contributed by atoms with Crippen molar-refractivity contribution in [3.05, 3.63) is 4.91 Å². The van der Waals surface area contributed by atoms with Gasteiger partial charge in [0.2, 0.25) is 0 Å². The van der Waals surface area contributed by atoms with E-state index in [1.165, 1.54) is 5.01 Å². The third-order valence-corrected chi connectivity index (χ3v) is 1.17. The molecule has 0 aromatic heterocycles. The zero-order chi connectivity index (χ0) is 7.82. The molecule has 0 aliphatic carbocycles. The normalized spacial score (nSPS) is 9.40. The third-order valence-electron chi connectivity index (χ3n) is 1.17. The molecule has 0 aromatic carbocycles. The average molecular weight is 146 g/mol. The predicted octanol–water partition coefficient (Wildman–Crippen LogP) is 0.762. The van der Waals surface area contributed by atoms with Crippen LogP contribution in [-0.4, -0.2) is 29.8 Å². The fraction of sp³-hybridized carbons (Fsp3) is 1.00. The van der Waals surface area contributed by atoms with Crippen molar-refractivity contribution in [2.45, 2.75) is 19.8 Å². The lowest BCUT2D eigenvalue weighted by Gasteiger charge is -2.11. The Kier molecular flexibility index (Phi) is 6.06. The van der Waals surface area contributed by atoms with E-state index in [9.17, 15) is 4.91 Å². The molecule has 0 saturated carbocycles. The van der Waals surface area contributed by atoms with Crippen LogP contribution in [0.4, 0.5) is 0 Å². The Morgan fingerprint density at radius 3 is 2.60 bits per heavy atom. The molecule has 0 unspecified atom stereocenters. The standard InChI is InChI=1S/C6H14N2O2/c1-2-4-8(7-10)5-3-6-9/h9H,2-6H2,1H3. The van der Waals surface area contributed by atoms with Gasteiger partial charge in [-0.25, -0.2) is 0 Å². The maximum Gasteiger partial charge on any atom is 0.0523 e. The third kappa shape index (κ3) is 4.26. The highest BCUT2D eigenvalue weighted by molar-refractivity contribution is 4.48. The summed E-state index contributed by atoms with van der Waals surface area (Å²) in [5.41, 5.74) is 0. The number of aliphatic hydroxyl groups excluding tert-OH is 1. The van der Waals surface area contributed by atoms with Gasteiger partial charge in [-0.3, -0.25) is 5.01 Å². The van der Waals surface area contributed by atoms with Crippen molar-refractivity contribution in [1.82, 2.24) is 5.01 Å². The van der Waals surface area contributed by atoms with Gasteiger partial charge in [-0.2, -0.15) is 0 Å². The van der Waals surface area contributed by atoms with E-state index < -0.39 is 0 Å². The summed E-state index contributed by atoms with van der Waals surface area (Å²) in [6.07, 6.45) is 1.53. The van der Waals surface area contributed by atoms with Crippen molar-refractivity contribution >= 4 is 0 Å². The van der Waals surface area contributed by atoms with Crippen LogP contribution in [0.15, 0.2) is 5.29 Å². The molecule has 0 saturated heterocycles. The van der Waals surface area contributed by atoms with E-state index in [2.05, 4.69) is 5.29 Å². The van der Waals surface area contributed by atoms with Crippen LogP contribution in [-0.2, 0) is 0 Å². The molecule has 0 radical (unpaired) electrons. The van der Waals surface area contributed by atoms with Crippen LogP contribution in [0.3, 0.4) is 0 Å². The van der Waals surface area contributed by atoms with E-state index >= 15 is 0 Å². The molecule has 0 fully saturated rings. The minimum Gasteiger partial charge on any atom is -0.396 e. The average Bonchev–Trinajstić information content (AvgIpc) is 1.98. The summed E-state index contributed by atoms with van der Waals surface area (Å²) in [5, 5.41) is 12.6. The largest absolute Gasteiger partial charge is 0.396 e. The molecule has 60 valence electrons. The molecule has 0 spiro atoms. The van der Waals surface area contributed by atoms with Crippen molar-refractivity contribution in [2.75, 3.05) is 19.7 Å². The summed E-state index contributed by atoms with van der Waals surface area (Å²) < 4.78 is 0. The molecular formula is C6H14N2O2. The van der Waals surface area contributed by atoms with Gasteiger partial charge in [0, 0.05) is 19.7 Å². The van der Waals surface area contributed by atoms with Gasteiger partial charge in [-0.05, 0) is 12.8 Å². The van der Waals surface area contributed by atoms with Crippen LogP contribution >= 0.6 is 0 Å². The summed E-state index contributed by atoms with van der Waals surface area (Å²) in [4.78, 5) is 10.00. The first-order valence-corrected chi connectivity index (χ1v) is 3.54. The van der Waals surface area contributed by atoms with E-state index in [1.54, 1.807) is 0 Å². The van der Waals surface area contributed by atoms with Crippen LogP contribution in [0.2, 0.25) is 0 Å². The zero-order valence-electron chi connectivity index (χ0n) is 6.29. The molecule has 0 aliphatic rings. The molecule has 0 rings (SSSR count). The Morgan fingerprint density at radius 2 is 2.20 bits per heavy atom. The monoisotopic (exact) mass is 146 g/mol. The molecule has 0 aromatic rings. The van der Waals surface area contributed by atoms with Gasteiger partial charge in [0.05, 0.1) is 5.29 Å². The van der Waals surface area contributed by atoms with Crippen molar-refractivity contribution in [3.8, 4) is 0 Å². The smallest absolute Gasteiger partial charge is 0.0523 e. The molecule has 0 heterocycles. The van der Waals surface area contributed by atoms with Crippen LogP contribution in [0, 0.1) is 4.91 Å². The van der Waals surface area contributed by atoms with Crippen LogP contribution in [0.25, 0.3) is 0 Å². The lowest BCUT2D eigenvalue weighted by Crippen LogP contribution is -2.19. The predicted molar refractivity (Wildman–Crippen MR) is 39.4 cm³/mol. The zero-order valence-corrected chi connectivity index (χ0v) is 6.29. The second-order valence-corrected chi connectivity index (χ2v) is 2.11. The Balaban J connectivity index is 3.29. The summed E-state index contributed by atoms with van der Waals surface area (Å²) >= 11 is 0. The van der Waals surface area contributed by atoms with Crippen molar-refractivity contribution < 1.29 is 5.11 Å². The van der Waals surface area contributed by atoms with Gasteiger partial charge in [0.15, 0.2) is 0 Å². The van der Waals surface area contributed by atoms with Gasteiger partial charge in [0.1, 0.15) is 0 Å². The van der Waals surface area contributed by atoms with E-state index in [1.807, 2.05) is 6.92 Å². The number of hydrogen-bond acceptors (Lipinski definition) is 3. The highest BCUT2D eigenvalue weighted by Gasteiger charge is 1.98. The van der Waals surface area contributed by atoms with Crippen LogP contribution in [0.1, 0.15) is 19.8 Å². The molecule has 1 N–H and O–H groups in total. The number of aliphatic hydroxyl groups is 1. The van der Waals surface area contributed by atoms with Gasteiger partial charge < -0.3 is 5.11 Å². The van der Waals surface area contributed by atoms with Gasteiger partial charge >= 0.3 is 0 Å². The molecule has 4 heteroatoms. The Hall–Kier alpha value is -0.640. The SMILES string of the molecule is CCCN(CCCO)N=O. The minimum absolute atomic E-state index is 0.121. The fourth-order valence-electron chi connectivity index (χ4n) is 0.705. The van der Waals surface area contributed by atoms with E-state index in [0.29, 0.717) is 19.5 Å². The van der Waals surface area contributed by atoms with Crippen molar-refractivity contribution in [2.24, 2.45) is 5.29 Å². The van der Waals surface area contributed by atoms with Crippen LogP contribution in [0.5, 0.6) is 0 Å². The molecule has 0 aliphatic heterocycles. The molecule has 0 amide bonds. The molecule has 10 heavy (non-hydrogen) atoms. The first kappa shape index (κ1) is 9.36. The first-order chi connectivity index (χ1) is 4.85. The summed E-state index contributed by atoms with van der Waals surface area (Å²) in [6.45, 7) is 3.35. The van der Waals surface area contributed by atoms with Gasteiger partial charge in [-0.1, -0.05) is 6.92 Å².